The highest BCUT2D eigenvalue weighted by Crippen LogP contribution is 2.41. The van der Waals surface area contributed by atoms with Crippen LogP contribution in [-0.2, 0) is 28.6 Å². The minimum atomic E-state index is -1.01. The van der Waals surface area contributed by atoms with Crippen molar-refractivity contribution in [3.8, 4) is 0 Å². The smallest absolute Gasteiger partial charge is 0.225 e. The van der Waals surface area contributed by atoms with E-state index in [0.717, 1.165) is 89.0 Å². The first-order valence-electron chi connectivity index (χ1n) is 19.6. The Morgan fingerprint density at radius 3 is 2.24 bits per heavy atom. The predicted molar refractivity (Wildman–Crippen MR) is 195 cm³/mol. The maximum Gasteiger partial charge on any atom is 0.225 e. The second-order valence-corrected chi connectivity index (χ2v) is 15.5. The molecule has 3 rings (SSSR count). The SMILES string of the molecule is C/C=C/C(=O)C[C@H]1CC[C@H](C)[C@H](CC(=O)NC[C@H](O)[C@H](C)C(=O)NCCCC[C@@H]2CCC[C@]3(CCC[C@@H](CC[C@H](C)/C=C(\C)[C@H](C)O)O3)O2)O1. The van der Waals surface area contributed by atoms with Gasteiger partial charge in [-0.3, -0.25) is 14.4 Å². The molecule has 3 fully saturated rings. The number of aliphatic hydroxyl groups excluding tert-OH is 2. The monoisotopic (exact) mass is 704 g/mol. The zero-order valence-electron chi connectivity index (χ0n) is 31.8. The average molecular weight is 705 g/mol. The Bertz CT molecular complexity index is 1120. The van der Waals surface area contributed by atoms with Crippen LogP contribution in [-0.4, -0.2) is 83.3 Å². The van der Waals surface area contributed by atoms with Crippen LogP contribution in [0.15, 0.2) is 23.8 Å². The van der Waals surface area contributed by atoms with Crippen molar-refractivity contribution < 1.29 is 38.8 Å². The molecule has 3 heterocycles. The summed E-state index contributed by atoms with van der Waals surface area (Å²) in [7, 11) is 0. The maximum absolute atomic E-state index is 12.7. The third-order valence-corrected chi connectivity index (χ3v) is 10.9. The van der Waals surface area contributed by atoms with Gasteiger partial charge in [0.2, 0.25) is 11.8 Å². The van der Waals surface area contributed by atoms with Crippen molar-refractivity contribution in [2.24, 2.45) is 17.8 Å². The number of amides is 2. The first-order chi connectivity index (χ1) is 23.8. The van der Waals surface area contributed by atoms with Gasteiger partial charge in [0.25, 0.3) is 0 Å². The van der Waals surface area contributed by atoms with E-state index in [9.17, 15) is 24.6 Å². The molecule has 286 valence electrons. The molecule has 3 aliphatic heterocycles. The number of hydrogen-bond acceptors (Lipinski definition) is 8. The normalized spacial score (nSPS) is 30.1. The van der Waals surface area contributed by atoms with E-state index < -0.39 is 23.9 Å². The Hall–Kier alpha value is -2.11. The molecule has 1 spiro atoms. The van der Waals surface area contributed by atoms with E-state index in [-0.39, 0.29) is 60.9 Å². The molecule has 0 aromatic carbocycles. The molecule has 0 aromatic heterocycles. The first kappa shape index (κ1) is 42.3. The van der Waals surface area contributed by atoms with Crippen molar-refractivity contribution in [1.29, 1.82) is 0 Å². The third-order valence-electron chi connectivity index (χ3n) is 10.9. The first-order valence-corrected chi connectivity index (χ1v) is 19.6. The number of aliphatic hydroxyl groups is 2. The van der Waals surface area contributed by atoms with Crippen LogP contribution in [0.4, 0.5) is 0 Å². The molecule has 0 aliphatic carbocycles. The summed E-state index contributed by atoms with van der Waals surface area (Å²) >= 11 is 0. The topological polar surface area (TPSA) is 143 Å². The number of unbranched alkanes of at least 4 members (excludes halogenated alkanes) is 1. The van der Waals surface area contributed by atoms with E-state index in [4.69, 9.17) is 14.2 Å². The highest BCUT2D eigenvalue weighted by molar-refractivity contribution is 5.89. The molecular weight excluding hydrogens is 636 g/mol. The van der Waals surface area contributed by atoms with E-state index in [2.05, 4.69) is 23.6 Å². The maximum atomic E-state index is 12.7. The molecule has 3 aliphatic rings. The van der Waals surface area contributed by atoms with Crippen molar-refractivity contribution in [3.63, 3.8) is 0 Å². The van der Waals surface area contributed by atoms with Gasteiger partial charge < -0.3 is 35.1 Å². The quantitative estimate of drug-likeness (QED) is 0.0721. The van der Waals surface area contributed by atoms with E-state index in [1.54, 1.807) is 19.1 Å². The van der Waals surface area contributed by atoms with Crippen LogP contribution in [0.1, 0.15) is 138 Å². The van der Waals surface area contributed by atoms with E-state index in [0.29, 0.717) is 18.9 Å². The molecule has 10 heteroatoms. The van der Waals surface area contributed by atoms with Gasteiger partial charge in [-0.1, -0.05) is 32.9 Å². The van der Waals surface area contributed by atoms with E-state index >= 15 is 0 Å². The van der Waals surface area contributed by atoms with E-state index in [1.807, 2.05) is 27.7 Å². The fraction of sp³-hybridized carbons (Fsp3) is 0.825. The van der Waals surface area contributed by atoms with Crippen molar-refractivity contribution in [1.82, 2.24) is 10.6 Å². The Morgan fingerprint density at radius 1 is 0.900 bits per heavy atom. The Kier molecular flexibility index (Phi) is 18.1. The zero-order chi connectivity index (χ0) is 36.7. The number of carbonyl (C=O) groups is 3. The van der Waals surface area contributed by atoms with Crippen LogP contribution >= 0.6 is 0 Å². The summed E-state index contributed by atoms with van der Waals surface area (Å²) in [6.07, 6.45) is 17.0. The Morgan fingerprint density at radius 2 is 1.58 bits per heavy atom. The largest absolute Gasteiger partial charge is 0.390 e. The zero-order valence-corrected chi connectivity index (χ0v) is 31.8. The van der Waals surface area contributed by atoms with Gasteiger partial charge in [0.15, 0.2) is 11.6 Å². The lowest BCUT2D eigenvalue weighted by Crippen LogP contribution is -2.48. The van der Waals surface area contributed by atoms with Gasteiger partial charge in [-0.05, 0) is 115 Å². The minimum absolute atomic E-state index is 0.0137. The van der Waals surface area contributed by atoms with Gasteiger partial charge in [-0.25, -0.2) is 0 Å². The van der Waals surface area contributed by atoms with Gasteiger partial charge >= 0.3 is 0 Å². The molecule has 0 aromatic rings. The summed E-state index contributed by atoms with van der Waals surface area (Å²) in [6.45, 7) is 12.0. The van der Waals surface area contributed by atoms with Gasteiger partial charge in [0.05, 0.1) is 49.0 Å². The fourth-order valence-corrected chi connectivity index (χ4v) is 7.49. The van der Waals surface area contributed by atoms with Crippen LogP contribution in [0.5, 0.6) is 0 Å². The molecule has 0 saturated carbocycles. The van der Waals surface area contributed by atoms with Gasteiger partial charge in [-0.2, -0.15) is 0 Å². The lowest BCUT2D eigenvalue weighted by atomic mass is 9.89. The molecule has 4 N–H and O–H groups in total. The summed E-state index contributed by atoms with van der Waals surface area (Å²) in [5, 5.41) is 26.1. The predicted octanol–water partition coefficient (Wildman–Crippen LogP) is 6.07. The van der Waals surface area contributed by atoms with Gasteiger partial charge in [0.1, 0.15) is 0 Å². The van der Waals surface area contributed by atoms with Gasteiger partial charge in [0, 0.05) is 32.4 Å². The standard InChI is InChI=1S/C40H68N2O8/c1-7-12-32(44)24-35-19-17-28(3)37(48-35)25-38(46)42-26-36(45)30(5)39(47)41-22-9-8-13-33-14-10-20-40(49-33)21-11-15-34(50-40)18-16-27(2)23-29(4)31(6)43/h7,12,23,27-28,30-31,33-37,43,45H,8-11,13-22,24-26H2,1-6H3,(H,41,47)(H,42,46)/b12-7+,29-23+/t27-,28-,30-,31-,33+,34-,35+,36-,37-,40-/m0/s1. The average Bonchev–Trinajstić information content (AvgIpc) is 3.07. The van der Waals surface area contributed by atoms with Crippen molar-refractivity contribution in [2.75, 3.05) is 13.1 Å². The molecule has 3 saturated heterocycles. The van der Waals surface area contributed by atoms with Crippen molar-refractivity contribution in [3.05, 3.63) is 23.8 Å². The second kappa shape index (κ2) is 21.4. The number of rotatable bonds is 19. The highest BCUT2D eigenvalue weighted by Gasteiger charge is 2.42. The summed E-state index contributed by atoms with van der Waals surface area (Å²) in [5.41, 5.74) is 1.02. The van der Waals surface area contributed by atoms with Crippen LogP contribution in [0, 0.1) is 17.8 Å². The number of nitrogens with one attached hydrogen (secondary N) is 2. The summed E-state index contributed by atoms with van der Waals surface area (Å²) < 4.78 is 19.3. The fourth-order valence-electron chi connectivity index (χ4n) is 7.49. The summed E-state index contributed by atoms with van der Waals surface area (Å²) in [6, 6.07) is 0. The molecule has 0 unspecified atom stereocenters. The third kappa shape index (κ3) is 14.5. The molecule has 10 atom stereocenters. The lowest BCUT2D eigenvalue weighted by Gasteiger charge is -2.46. The van der Waals surface area contributed by atoms with Crippen LogP contribution in [0.3, 0.4) is 0 Å². The molecule has 0 radical (unpaired) electrons. The number of ketones is 1. The van der Waals surface area contributed by atoms with Crippen LogP contribution < -0.4 is 10.6 Å². The Labute approximate surface area is 301 Å². The van der Waals surface area contributed by atoms with Crippen molar-refractivity contribution >= 4 is 17.6 Å². The van der Waals surface area contributed by atoms with Crippen LogP contribution in [0.25, 0.3) is 0 Å². The summed E-state index contributed by atoms with van der Waals surface area (Å²) in [5.74, 6) is -0.979. The van der Waals surface area contributed by atoms with Crippen molar-refractivity contribution in [2.45, 2.75) is 180 Å². The van der Waals surface area contributed by atoms with Crippen LogP contribution in [0.2, 0.25) is 0 Å². The molecule has 10 nitrogen and oxygen atoms in total. The number of hydrogen-bond donors (Lipinski definition) is 4. The second-order valence-electron chi connectivity index (χ2n) is 15.5. The highest BCUT2D eigenvalue weighted by atomic mass is 16.7. The number of carbonyl (C=O) groups excluding carboxylic acids is 3. The molecular formula is C40H68N2O8. The summed E-state index contributed by atoms with van der Waals surface area (Å²) in [4.78, 5) is 37.4. The number of ether oxygens (including phenoxy) is 3. The molecule has 50 heavy (non-hydrogen) atoms. The lowest BCUT2D eigenvalue weighted by molar-refractivity contribution is -0.316. The van der Waals surface area contributed by atoms with E-state index in [1.165, 1.54) is 0 Å². The minimum Gasteiger partial charge on any atom is -0.390 e. The van der Waals surface area contributed by atoms with Gasteiger partial charge in [-0.15, -0.1) is 0 Å². The number of allylic oxidation sites excluding steroid dienone is 3. The molecule has 0 bridgehead atoms. The Balaban J connectivity index is 1.30. The molecule has 2 amide bonds.